The Morgan fingerprint density at radius 3 is 2.81 bits per heavy atom. The van der Waals surface area contributed by atoms with Gasteiger partial charge in [-0.1, -0.05) is 0 Å². The molecule has 0 radical (unpaired) electrons. The van der Waals surface area contributed by atoms with E-state index in [1.54, 1.807) is 6.07 Å². The van der Waals surface area contributed by atoms with Gasteiger partial charge in [-0.15, -0.1) is 11.3 Å². The van der Waals surface area contributed by atoms with Gasteiger partial charge in [0.1, 0.15) is 5.76 Å². The number of amides is 1. The number of thiazole rings is 1. The van der Waals surface area contributed by atoms with E-state index in [9.17, 15) is 4.79 Å². The topological polar surface area (TPSA) is 58.4 Å². The van der Waals surface area contributed by atoms with Crippen LogP contribution in [-0.2, 0) is 6.54 Å². The summed E-state index contributed by atoms with van der Waals surface area (Å²) in [4.78, 5) is 19.9. The molecule has 6 heteroatoms. The molecule has 0 saturated carbocycles. The molecule has 0 atom stereocenters. The van der Waals surface area contributed by atoms with Crippen LogP contribution in [0, 0.1) is 13.8 Å². The molecule has 0 aliphatic carbocycles. The number of anilines is 1. The minimum atomic E-state index is -0.239. The van der Waals surface area contributed by atoms with Gasteiger partial charge >= 0.3 is 0 Å². The summed E-state index contributed by atoms with van der Waals surface area (Å²) >= 11 is 1.48. The number of hydrogen-bond donors (Lipinski definition) is 1. The van der Waals surface area contributed by atoms with Crippen LogP contribution in [0.1, 0.15) is 39.7 Å². The van der Waals surface area contributed by atoms with E-state index in [0.29, 0.717) is 10.9 Å². The van der Waals surface area contributed by atoms with Crippen LogP contribution in [0.4, 0.5) is 5.13 Å². The van der Waals surface area contributed by atoms with Crippen molar-refractivity contribution in [3.63, 3.8) is 0 Å². The van der Waals surface area contributed by atoms with Crippen molar-refractivity contribution in [2.75, 3.05) is 18.4 Å². The van der Waals surface area contributed by atoms with Crippen molar-refractivity contribution in [1.82, 2.24) is 9.88 Å². The molecule has 0 bridgehead atoms. The van der Waals surface area contributed by atoms with Gasteiger partial charge in [0.2, 0.25) is 0 Å². The number of carbonyl (C=O) groups excluding carboxylic acids is 1. The number of rotatable bonds is 4. The molecule has 1 fully saturated rings. The molecule has 1 saturated heterocycles. The minimum Gasteiger partial charge on any atom is -0.455 e. The third-order valence-electron chi connectivity index (χ3n) is 3.71. The molecule has 1 aliphatic rings. The molecule has 2 aromatic heterocycles. The Bertz CT molecular complexity index is 622. The van der Waals surface area contributed by atoms with Gasteiger partial charge in [0.05, 0.1) is 12.2 Å². The molecular formula is C15H19N3O2S. The van der Waals surface area contributed by atoms with E-state index in [1.165, 1.54) is 24.2 Å². The maximum Gasteiger partial charge on any atom is 0.293 e. The number of nitrogens with one attached hydrogen (secondary N) is 1. The SMILES string of the molecule is Cc1nc(NC(=O)c2ccc(CN3CCCC3)o2)sc1C. The maximum atomic E-state index is 12.1. The van der Waals surface area contributed by atoms with Gasteiger partial charge in [0, 0.05) is 4.88 Å². The van der Waals surface area contributed by atoms with Crippen molar-refractivity contribution in [2.45, 2.75) is 33.2 Å². The Kier molecular flexibility index (Phi) is 4.07. The molecule has 112 valence electrons. The quantitative estimate of drug-likeness (QED) is 0.942. The number of aromatic nitrogens is 1. The van der Waals surface area contributed by atoms with Crippen molar-refractivity contribution in [3.05, 3.63) is 34.2 Å². The average Bonchev–Trinajstić information content (AvgIpc) is 3.14. The van der Waals surface area contributed by atoms with Crippen LogP contribution in [0.3, 0.4) is 0 Å². The zero-order valence-electron chi connectivity index (χ0n) is 12.3. The van der Waals surface area contributed by atoms with E-state index in [4.69, 9.17) is 4.42 Å². The number of furan rings is 1. The predicted molar refractivity (Wildman–Crippen MR) is 82.8 cm³/mol. The standard InChI is InChI=1S/C15H19N3O2S/c1-10-11(2)21-15(16-10)17-14(19)13-6-5-12(20-13)9-18-7-3-4-8-18/h5-6H,3-4,7-9H2,1-2H3,(H,16,17,19). The van der Waals surface area contributed by atoms with Crippen LogP contribution in [0.5, 0.6) is 0 Å². The number of aryl methyl sites for hydroxylation is 2. The summed E-state index contributed by atoms with van der Waals surface area (Å²) < 4.78 is 5.64. The lowest BCUT2D eigenvalue weighted by Gasteiger charge is -2.11. The van der Waals surface area contributed by atoms with Crippen LogP contribution >= 0.6 is 11.3 Å². The fourth-order valence-electron chi connectivity index (χ4n) is 2.43. The molecule has 0 spiro atoms. The molecule has 2 aromatic rings. The Hall–Kier alpha value is -1.66. The Labute approximate surface area is 128 Å². The van der Waals surface area contributed by atoms with Crippen LogP contribution < -0.4 is 5.32 Å². The smallest absolute Gasteiger partial charge is 0.293 e. The minimum absolute atomic E-state index is 0.239. The second-order valence-electron chi connectivity index (χ2n) is 5.36. The van der Waals surface area contributed by atoms with Gasteiger partial charge in [0.25, 0.3) is 5.91 Å². The van der Waals surface area contributed by atoms with E-state index in [0.717, 1.165) is 36.0 Å². The third kappa shape index (κ3) is 3.33. The lowest BCUT2D eigenvalue weighted by Crippen LogP contribution is -2.18. The fourth-order valence-corrected chi connectivity index (χ4v) is 3.24. The molecular weight excluding hydrogens is 286 g/mol. The molecule has 3 heterocycles. The van der Waals surface area contributed by atoms with Gasteiger partial charge < -0.3 is 4.42 Å². The van der Waals surface area contributed by atoms with E-state index in [1.807, 2.05) is 19.9 Å². The second kappa shape index (κ2) is 5.99. The maximum absolute atomic E-state index is 12.1. The Balaban J connectivity index is 1.63. The second-order valence-corrected chi connectivity index (χ2v) is 6.57. The summed E-state index contributed by atoms with van der Waals surface area (Å²) in [5.41, 5.74) is 0.949. The summed E-state index contributed by atoms with van der Waals surface area (Å²) in [7, 11) is 0. The largest absolute Gasteiger partial charge is 0.455 e. The predicted octanol–water partition coefficient (Wildman–Crippen LogP) is 3.20. The zero-order valence-corrected chi connectivity index (χ0v) is 13.1. The normalized spacial score (nSPS) is 15.5. The summed E-state index contributed by atoms with van der Waals surface area (Å²) in [5, 5.41) is 3.41. The lowest BCUT2D eigenvalue weighted by atomic mass is 10.4. The van der Waals surface area contributed by atoms with Crippen molar-refractivity contribution < 1.29 is 9.21 Å². The highest BCUT2D eigenvalue weighted by Crippen LogP contribution is 2.22. The van der Waals surface area contributed by atoms with E-state index < -0.39 is 0 Å². The molecule has 5 nitrogen and oxygen atoms in total. The highest BCUT2D eigenvalue weighted by Gasteiger charge is 2.17. The van der Waals surface area contributed by atoms with Crippen LogP contribution in [-0.4, -0.2) is 28.9 Å². The summed E-state index contributed by atoms with van der Waals surface area (Å²) in [6.45, 7) is 6.93. The first kappa shape index (κ1) is 14.3. The first-order chi connectivity index (χ1) is 10.1. The Morgan fingerprint density at radius 2 is 2.14 bits per heavy atom. The average molecular weight is 305 g/mol. The highest BCUT2D eigenvalue weighted by atomic mass is 32.1. The van der Waals surface area contributed by atoms with Gasteiger partial charge in [-0.2, -0.15) is 0 Å². The monoisotopic (exact) mass is 305 g/mol. The van der Waals surface area contributed by atoms with Crippen molar-refractivity contribution in [1.29, 1.82) is 0 Å². The first-order valence-corrected chi connectivity index (χ1v) is 8.00. The summed E-state index contributed by atoms with van der Waals surface area (Å²) in [6.07, 6.45) is 2.49. The van der Waals surface area contributed by atoms with Gasteiger partial charge in [-0.25, -0.2) is 4.98 Å². The highest BCUT2D eigenvalue weighted by molar-refractivity contribution is 7.15. The number of likely N-dealkylation sites (tertiary alicyclic amines) is 1. The third-order valence-corrected chi connectivity index (χ3v) is 4.70. The number of nitrogens with zero attached hydrogens (tertiary/aromatic N) is 2. The van der Waals surface area contributed by atoms with Crippen LogP contribution in [0.15, 0.2) is 16.5 Å². The van der Waals surface area contributed by atoms with Crippen LogP contribution in [0.2, 0.25) is 0 Å². The molecule has 3 rings (SSSR count). The van der Waals surface area contributed by atoms with Crippen molar-refractivity contribution >= 4 is 22.4 Å². The van der Waals surface area contributed by atoms with Gasteiger partial charge in [0.15, 0.2) is 10.9 Å². The fraction of sp³-hybridized carbons (Fsp3) is 0.467. The van der Waals surface area contributed by atoms with E-state index in [-0.39, 0.29) is 5.91 Å². The zero-order chi connectivity index (χ0) is 14.8. The molecule has 21 heavy (non-hydrogen) atoms. The van der Waals surface area contributed by atoms with Crippen LogP contribution in [0.25, 0.3) is 0 Å². The molecule has 1 amide bonds. The van der Waals surface area contributed by atoms with Crippen molar-refractivity contribution in [3.8, 4) is 0 Å². The summed E-state index contributed by atoms with van der Waals surface area (Å²) in [5.74, 6) is 0.944. The molecule has 0 aromatic carbocycles. The van der Waals surface area contributed by atoms with Gasteiger partial charge in [-0.3, -0.25) is 15.0 Å². The first-order valence-electron chi connectivity index (χ1n) is 7.18. The number of carbonyl (C=O) groups is 1. The lowest BCUT2D eigenvalue weighted by molar-refractivity contribution is 0.0993. The summed E-state index contributed by atoms with van der Waals surface area (Å²) in [6, 6.07) is 3.61. The van der Waals surface area contributed by atoms with E-state index >= 15 is 0 Å². The molecule has 1 aliphatic heterocycles. The molecule has 1 N–H and O–H groups in total. The van der Waals surface area contributed by atoms with E-state index in [2.05, 4.69) is 15.2 Å². The van der Waals surface area contributed by atoms with Gasteiger partial charge in [-0.05, 0) is 51.9 Å². The van der Waals surface area contributed by atoms with Crippen molar-refractivity contribution in [2.24, 2.45) is 0 Å². The Morgan fingerprint density at radius 1 is 1.38 bits per heavy atom. The molecule has 0 unspecified atom stereocenters. The number of hydrogen-bond acceptors (Lipinski definition) is 5.